The van der Waals surface area contributed by atoms with Crippen LogP contribution in [0, 0.1) is 12.7 Å². The van der Waals surface area contributed by atoms with Crippen LogP contribution in [0.1, 0.15) is 16.2 Å². The summed E-state index contributed by atoms with van der Waals surface area (Å²) >= 11 is 0. The Hall–Kier alpha value is -2.17. The molecule has 4 nitrogen and oxygen atoms in total. The molecule has 0 aliphatic carbocycles. The molecule has 16 heavy (non-hydrogen) atoms. The molecule has 0 saturated heterocycles. The summed E-state index contributed by atoms with van der Waals surface area (Å²) in [5.41, 5.74) is 0.837. The predicted octanol–water partition coefficient (Wildman–Crippen LogP) is 2.49. The van der Waals surface area contributed by atoms with Crippen LogP contribution in [0.15, 0.2) is 28.7 Å². The first-order chi connectivity index (χ1) is 7.58. The summed E-state index contributed by atoms with van der Waals surface area (Å²) in [6.45, 7) is 1.54. The maximum absolute atomic E-state index is 12.7. The quantitative estimate of drug-likeness (QED) is 0.846. The van der Waals surface area contributed by atoms with E-state index in [-0.39, 0.29) is 17.5 Å². The van der Waals surface area contributed by atoms with Crippen LogP contribution in [0.4, 0.5) is 4.39 Å². The second-order valence-corrected chi connectivity index (χ2v) is 3.25. The average molecular weight is 221 g/mol. The lowest BCUT2D eigenvalue weighted by atomic mass is 10.2. The summed E-state index contributed by atoms with van der Waals surface area (Å²) in [6, 6.07) is 5.48. The van der Waals surface area contributed by atoms with Crippen LogP contribution in [-0.4, -0.2) is 16.1 Å². The Kier molecular flexibility index (Phi) is 2.44. The standard InChI is InChI=1S/C11H8FNO3/c1-6-9(11(14)15)16-10(13-6)7-2-4-8(12)5-3-7/h2-5H,1H3,(H,14,15). The van der Waals surface area contributed by atoms with E-state index in [1.165, 1.54) is 24.3 Å². The van der Waals surface area contributed by atoms with E-state index >= 15 is 0 Å². The van der Waals surface area contributed by atoms with Crippen LogP contribution in [0.5, 0.6) is 0 Å². The topological polar surface area (TPSA) is 63.3 Å². The molecule has 1 N–H and O–H groups in total. The van der Waals surface area contributed by atoms with E-state index in [0.717, 1.165) is 0 Å². The molecule has 1 aromatic carbocycles. The predicted molar refractivity (Wildman–Crippen MR) is 53.6 cm³/mol. The van der Waals surface area contributed by atoms with Crippen LogP contribution in [0.3, 0.4) is 0 Å². The third kappa shape index (κ3) is 1.79. The molecule has 1 aromatic heterocycles. The average Bonchev–Trinajstić information content (AvgIpc) is 2.61. The minimum absolute atomic E-state index is 0.176. The second-order valence-electron chi connectivity index (χ2n) is 3.25. The van der Waals surface area contributed by atoms with Gasteiger partial charge >= 0.3 is 5.97 Å². The van der Waals surface area contributed by atoms with Gasteiger partial charge in [-0.25, -0.2) is 14.2 Å². The summed E-state index contributed by atoms with van der Waals surface area (Å²) in [5.74, 6) is -1.56. The normalized spacial score (nSPS) is 10.4. The van der Waals surface area contributed by atoms with Gasteiger partial charge in [0.25, 0.3) is 0 Å². The van der Waals surface area contributed by atoms with Gasteiger partial charge in [-0.15, -0.1) is 0 Å². The van der Waals surface area contributed by atoms with Crippen molar-refractivity contribution in [3.63, 3.8) is 0 Å². The van der Waals surface area contributed by atoms with Gasteiger partial charge in [0.2, 0.25) is 11.7 Å². The smallest absolute Gasteiger partial charge is 0.373 e. The van der Waals surface area contributed by atoms with Gasteiger partial charge in [-0.05, 0) is 31.2 Å². The summed E-state index contributed by atoms with van der Waals surface area (Å²) in [7, 11) is 0. The summed E-state index contributed by atoms with van der Waals surface area (Å²) in [6.07, 6.45) is 0. The SMILES string of the molecule is Cc1nc(-c2ccc(F)cc2)oc1C(=O)O. The van der Waals surface area contributed by atoms with Gasteiger partial charge in [0.05, 0.1) is 5.69 Å². The lowest BCUT2D eigenvalue weighted by Crippen LogP contribution is -1.95. The number of hydrogen-bond acceptors (Lipinski definition) is 3. The second kappa shape index (κ2) is 3.77. The van der Waals surface area contributed by atoms with Crippen molar-refractivity contribution < 1.29 is 18.7 Å². The molecule has 0 bridgehead atoms. The van der Waals surface area contributed by atoms with Crippen LogP contribution in [-0.2, 0) is 0 Å². The Bertz CT molecular complexity index is 531. The largest absolute Gasteiger partial charge is 0.475 e. The Morgan fingerprint density at radius 3 is 2.50 bits per heavy atom. The molecule has 0 radical (unpaired) electrons. The van der Waals surface area contributed by atoms with Crippen molar-refractivity contribution >= 4 is 5.97 Å². The fourth-order valence-electron chi connectivity index (χ4n) is 1.31. The molecule has 0 atom stereocenters. The molecular formula is C11H8FNO3. The molecule has 2 rings (SSSR count). The highest BCUT2D eigenvalue weighted by Gasteiger charge is 2.16. The van der Waals surface area contributed by atoms with E-state index in [4.69, 9.17) is 9.52 Å². The summed E-state index contributed by atoms with van der Waals surface area (Å²) in [4.78, 5) is 14.7. The number of carboxylic acids is 1. The molecule has 5 heteroatoms. The molecule has 0 unspecified atom stereocenters. The number of nitrogens with zero attached hydrogens (tertiary/aromatic N) is 1. The van der Waals surface area contributed by atoms with E-state index in [1.54, 1.807) is 6.92 Å². The molecule has 0 aliphatic rings. The molecule has 0 spiro atoms. The molecule has 0 amide bonds. The minimum atomic E-state index is -1.17. The van der Waals surface area contributed by atoms with Crippen molar-refractivity contribution in [3.8, 4) is 11.5 Å². The van der Waals surface area contributed by atoms with E-state index in [2.05, 4.69) is 4.98 Å². The van der Waals surface area contributed by atoms with Gasteiger partial charge in [0.15, 0.2) is 0 Å². The zero-order valence-corrected chi connectivity index (χ0v) is 8.40. The van der Waals surface area contributed by atoms with Gasteiger partial charge in [0.1, 0.15) is 5.82 Å². The van der Waals surface area contributed by atoms with Crippen LogP contribution < -0.4 is 0 Å². The van der Waals surface area contributed by atoms with Gasteiger partial charge in [-0.1, -0.05) is 0 Å². The number of aryl methyl sites for hydroxylation is 1. The number of aromatic nitrogens is 1. The lowest BCUT2D eigenvalue weighted by molar-refractivity contribution is 0.0662. The molecule has 1 heterocycles. The van der Waals surface area contributed by atoms with Crippen molar-refractivity contribution in [3.05, 3.63) is 41.5 Å². The first kappa shape index (κ1) is 10.4. The van der Waals surface area contributed by atoms with Gasteiger partial charge in [0, 0.05) is 5.56 Å². The molecular weight excluding hydrogens is 213 g/mol. The minimum Gasteiger partial charge on any atom is -0.475 e. The number of rotatable bonds is 2. The summed E-state index contributed by atoms with van der Waals surface area (Å²) < 4.78 is 17.7. The van der Waals surface area contributed by atoms with Crippen molar-refractivity contribution in [2.75, 3.05) is 0 Å². The highest BCUT2D eigenvalue weighted by Crippen LogP contribution is 2.21. The number of oxazole rings is 1. The van der Waals surface area contributed by atoms with E-state index in [1.807, 2.05) is 0 Å². The molecule has 0 aliphatic heterocycles. The van der Waals surface area contributed by atoms with E-state index in [9.17, 15) is 9.18 Å². The van der Waals surface area contributed by atoms with Crippen molar-refractivity contribution in [1.29, 1.82) is 0 Å². The highest BCUT2D eigenvalue weighted by atomic mass is 19.1. The van der Waals surface area contributed by atoms with Crippen molar-refractivity contribution in [2.24, 2.45) is 0 Å². The Labute approximate surface area is 90.4 Å². The summed E-state index contributed by atoms with van der Waals surface area (Å²) in [5, 5.41) is 8.78. The maximum Gasteiger partial charge on any atom is 0.373 e. The number of halogens is 1. The fourth-order valence-corrected chi connectivity index (χ4v) is 1.31. The maximum atomic E-state index is 12.7. The van der Waals surface area contributed by atoms with Crippen LogP contribution >= 0.6 is 0 Å². The monoisotopic (exact) mass is 221 g/mol. The van der Waals surface area contributed by atoms with Crippen LogP contribution in [0.25, 0.3) is 11.5 Å². The van der Waals surface area contributed by atoms with E-state index in [0.29, 0.717) is 11.3 Å². The molecule has 0 saturated carbocycles. The third-order valence-electron chi connectivity index (χ3n) is 2.08. The lowest BCUT2D eigenvalue weighted by Gasteiger charge is -1.93. The highest BCUT2D eigenvalue weighted by molar-refractivity contribution is 5.86. The Morgan fingerprint density at radius 2 is 2.00 bits per heavy atom. The fraction of sp³-hybridized carbons (Fsp3) is 0.0909. The zero-order valence-electron chi connectivity index (χ0n) is 8.40. The van der Waals surface area contributed by atoms with Crippen LogP contribution in [0.2, 0.25) is 0 Å². The first-order valence-corrected chi connectivity index (χ1v) is 4.54. The zero-order chi connectivity index (χ0) is 11.7. The van der Waals surface area contributed by atoms with Gasteiger partial charge in [-0.3, -0.25) is 0 Å². The third-order valence-corrected chi connectivity index (χ3v) is 2.08. The van der Waals surface area contributed by atoms with E-state index < -0.39 is 5.97 Å². The number of carboxylic acid groups (broad SMARTS) is 1. The number of hydrogen-bond donors (Lipinski definition) is 1. The van der Waals surface area contributed by atoms with Gasteiger partial charge < -0.3 is 9.52 Å². The Balaban J connectivity index is 2.45. The number of benzene rings is 1. The molecule has 82 valence electrons. The van der Waals surface area contributed by atoms with Gasteiger partial charge in [-0.2, -0.15) is 0 Å². The first-order valence-electron chi connectivity index (χ1n) is 4.54. The molecule has 2 aromatic rings. The van der Waals surface area contributed by atoms with Crippen molar-refractivity contribution in [2.45, 2.75) is 6.92 Å². The van der Waals surface area contributed by atoms with Crippen molar-refractivity contribution in [1.82, 2.24) is 4.98 Å². The molecule has 0 fully saturated rings. The Morgan fingerprint density at radius 1 is 1.38 bits per heavy atom. The number of aromatic carboxylic acids is 1. The number of carbonyl (C=O) groups is 1.